The van der Waals surface area contributed by atoms with Crippen molar-refractivity contribution in [3.05, 3.63) is 48.0 Å². The topological polar surface area (TPSA) is 72.6 Å². The van der Waals surface area contributed by atoms with Crippen molar-refractivity contribution in [2.75, 3.05) is 23.2 Å². The van der Waals surface area contributed by atoms with E-state index in [0.29, 0.717) is 23.7 Å². The smallest absolute Gasteiger partial charge is 0.268 e. The minimum atomic E-state index is -3.69. The molecule has 3 rings (SSSR count). The zero-order chi connectivity index (χ0) is 15.0. The van der Waals surface area contributed by atoms with Crippen LogP contribution in [-0.2, 0) is 10.0 Å². The predicted molar refractivity (Wildman–Crippen MR) is 82.1 cm³/mol. The number of nitrogen functional groups attached to an aromatic ring is 1. The Morgan fingerprint density at radius 3 is 2.71 bits per heavy atom. The van der Waals surface area contributed by atoms with Crippen molar-refractivity contribution in [3.8, 4) is 5.75 Å². The number of nitrogens with zero attached hydrogens (tertiary/aromatic N) is 1. The Kier molecular flexibility index (Phi) is 3.25. The van der Waals surface area contributed by atoms with Crippen LogP contribution in [0.4, 0.5) is 11.4 Å². The Balaban J connectivity index is 2.19. The van der Waals surface area contributed by atoms with Gasteiger partial charge in [-0.1, -0.05) is 18.2 Å². The Labute approximate surface area is 124 Å². The van der Waals surface area contributed by atoms with Crippen molar-refractivity contribution in [1.29, 1.82) is 0 Å². The number of ether oxygens (including phenoxy) is 1. The third kappa shape index (κ3) is 2.31. The van der Waals surface area contributed by atoms with E-state index in [0.717, 1.165) is 5.56 Å². The third-order valence-corrected chi connectivity index (χ3v) is 5.31. The maximum Gasteiger partial charge on any atom is 0.268 e. The molecular weight excluding hydrogens is 288 g/mol. The summed E-state index contributed by atoms with van der Waals surface area (Å²) in [5, 5.41) is 0. The fourth-order valence-electron chi connectivity index (χ4n) is 2.42. The number of benzene rings is 2. The average molecular weight is 304 g/mol. The number of nitrogens with two attached hydrogens (primary N) is 1. The summed E-state index contributed by atoms with van der Waals surface area (Å²) in [7, 11) is -3.69. The average Bonchev–Trinajstić information content (AvgIpc) is 2.57. The summed E-state index contributed by atoms with van der Waals surface area (Å²) in [6.07, 6.45) is 0. The summed E-state index contributed by atoms with van der Waals surface area (Å²) in [5.41, 5.74) is 7.69. The van der Waals surface area contributed by atoms with Gasteiger partial charge in [-0.15, -0.1) is 0 Å². The second-order valence-corrected chi connectivity index (χ2v) is 6.75. The third-order valence-electron chi connectivity index (χ3n) is 3.47. The first-order valence-corrected chi connectivity index (χ1v) is 8.05. The Hall–Kier alpha value is -2.21. The first-order chi connectivity index (χ1) is 10.00. The Bertz CT molecular complexity index is 787. The van der Waals surface area contributed by atoms with Gasteiger partial charge in [0, 0.05) is 5.69 Å². The highest BCUT2D eigenvalue weighted by Crippen LogP contribution is 2.34. The van der Waals surface area contributed by atoms with E-state index < -0.39 is 10.0 Å². The summed E-state index contributed by atoms with van der Waals surface area (Å²) in [4.78, 5) is 0.114. The molecule has 1 aliphatic heterocycles. The standard InChI is InChI=1S/C15H16N2O3S/c1-11-4-2-3-5-13(11)17-8-9-20-14-7-6-12(16)10-15(14)21(17,18)19/h2-7,10H,8-9,16H2,1H3. The molecule has 5 nitrogen and oxygen atoms in total. The van der Waals surface area contributed by atoms with E-state index in [1.165, 1.54) is 10.4 Å². The Morgan fingerprint density at radius 2 is 1.95 bits per heavy atom. The number of para-hydroxylation sites is 1. The van der Waals surface area contributed by atoms with E-state index in [9.17, 15) is 8.42 Å². The molecule has 0 amide bonds. The van der Waals surface area contributed by atoms with E-state index in [-0.39, 0.29) is 11.4 Å². The minimum absolute atomic E-state index is 0.114. The molecule has 6 heteroatoms. The van der Waals surface area contributed by atoms with Gasteiger partial charge >= 0.3 is 0 Å². The first-order valence-electron chi connectivity index (χ1n) is 6.61. The van der Waals surface area contributed by atoms with E-state index in [4.69, 9.17) is 10.5 Å². The van der Waals surface area contributed by atoms with Gasteiger partial charge in [0.2, 0.25) is 0 Å². The molecule has 0 unspecified atom stereocenters. The molecule has 0 aliphatic carbocycles. The van der Waals surface area contributed by atoms with Gasteiger partial charge in [0.1, 0.15) is 17.3 Å². The number of hydrogen-bond donors (Lipinski definition) is 1. The number of hydrogen-bond acceptors (Lipinski definition) is 4. The number of aryl methyl sites for hydroxylation is 1. The van der Waals surface area contributed by atoms with Crippen molar-refractivity contribution >= 4 is 21.4 Å². The van der Waals surface area contributed by atoms with Crippen molar-refractivity contribution in [2.24, 2.45) is 0 Å². The van der Waals surface area contributed by atoms with E-state index in [1.54, 1.807) is 18.2 Å². The summed E-state index contributed by atoms with van der Waals surface area (Å²) >= 11 is 0. The van der Waals surface area contributed by atoms with Crippen LogP contribution in [0.3, 0.4) is 0 Å². The molecule has 1 heterocycles. The fourth-order valence-corrected chi connectivity index (χ4v) is 4.10. The molecule has 21 heavy (non-hydrogen) atoms. The largest absolute Gasteiger partial charge is 0.490 e. The molecule has 0 bridgehead atoms. The Morgan fingerprint density at radius 1 is 1.19 bits per heavy atom. The fraction of sp³-hybridized carbons (Fsp3) is 0.200. The van der Waals surface area contributed by atoms with Crippen LogP contribution in [0.15, 0.2) is 47.4 Å². The van der Waals surface area contributed by atoms with Crippen LogP contribution >= 0.6 is 0 Å². The zero-order valence-electron chi connectivity index (χ0n) is 11.6. The van der Waals surface area contributed by atoms with Gasteiger partial charge in [-0.2, -0.15) is 0 Å². The maximum absolute atomic E-state index is 12.9. The normalized spacial score (nSPS) is 16.7. The molecule has 0 fully saturated rings. The lowest BCUT2D eigenvalue weighted by atomic mass is 10.2. The van der Waals surface area contributed by atoms with Gasteiger partial charge in [0.15, 0.2) is 0 Å². The van der Waals surface area contributed by atoms with Crippen LogP contribution in [0.2, 0.25) is 0 Å². The van der Waals surface area contributed by atoms with Crippen LogP contribution in [0.5, 0.6) is 5.75 Å². The van der Waals surface area contributed by atoms with Gasteiger partial charge in [0.25, 0.3) is 10.0 Å². The van der Waals surface area contributed by atoms with Crippen LogP contribution in [0.25, 0.3) is 0 Å². The minimum Gasteiger partial charge on any atom is -0.490 e. The highest BCUT2D eigenvalue weighted by Gasteiger charge is 2.31. The quantitative estimate of drug-likeness (QED) is 0.820. The molecule has 0 aromatic heterocycles. The van der Waals surface area contributed by atoms with E-state index in [2.05, 4.69) is 0 Å². The van der Waals surface area contributed by atoms with Gasteiger partial charge in [-0.05, 0) is 36.8 Å². The van der Waals surface area contributed by atoms with Gasteiger partial charge < -0.3 is 10.5 Å². The first kappa shape index (κ1) is 13.8. The zero-order valence-corrected chi connectivity index (χ0v) is 12.4. The molecule has 2 aromatic rings. The SMILES string of the molecule is Cc1ccccc1N1CCOc2ccc(N)cc2S1(=O)=O. The maximum atomic E-state index is 12.9. The van der Waals surface area contributed by atoms with Gasteiger partial charge in [-0.25, -0.2) is 8.42 Å². The lowest BCUT2D eigenvalue weighted by molar-refractivity contribution is 0.325. The molecular formula is C15H16N2O3S. The summed E-state index contributed by atoms with van der Waals surface area (Å²) in [6, 6.07) is 12.1. The number of rotatable bonds is 1. The van der Waals surface area contributed by atoms with E-state index >= 15 is 0 Å². The molecule has 2 aromatic carbocycles. The van der Waals surface area contributed by atoms with Crippen LogP contribution in [-0.4, -0.2) is 21.6 Å². The number of anilines is 2. The van der Waals surface area contributed by atoms with Crippen LogP contribution < -0.4 is 14.8 Å². The van der Waals surface area contributed by atoms with E-state index in [1.807, 2.05) is 25.1 Å². The molecule has 0 spiro atoms. The molecule has 0 atom stereocenters. The second kappa shape index (κ2) is 4.96. The van der Waals surface area contributed by atoms with Crippen LogP contribution in [0.1, 0.15) is 5.56 Å². The molecule has 0 saturated heterocycles. The summed E-state index contributed by atoms with van der Waals surface area (Å²) in [5.74, 6) is 0.347. The molecule has 110 valence electrons. The van der Waals surface area contributed by atoms with Crippen molar-refractivity contribution < 1.29 is 13.2 Å². The second-order valence-electron chi connectivity index (χ2n) is 4.92. The van der Waals surface area contributed by atoms with Crippen molar-refractivity contribution in [3.63, 3.8) is 0 Å². The van der Waals surface area contributed by atoms with Gasteiger partial charge in [0.05, 0.1) is 12.2 Å². The van der Waals surface area contributed by atoms with Gasteiger partial charge in [-0.3, -0.25) is 4.31 Å². The molecule has 1 aliphatic rings. The monoisotopic (exact) mass is 304 g/mol. The number of fused-ring (bicyclic) bond motifs is 1. The molecule has 0 saturated carbocycles. The number of sulfonamides is 1. The van der Waals surface area contributed by atoms with Crippen LogP contribution in [0, 0.1) is 6.92 Å². The lowest BCUT2D eigenvalue weighted by Gasteiger charge is -2.23. The summed E-state index contributed by atoms with van der Waals surface area (Å²) < 4.78 is 32.8. The predicted octanol–water partition coefficient (Wildman–Crippen LogP) is 2.16. The van der Waals surface area contributed by atoms with Crippen molar-refractivity contribution in [2.45, 2.75) is 11.8 Å². The molecule has 0 radical (unpaired) electrons. The molecule has 2 N–H and O–H groups in total. The highest BCUT2D eigenvalue weighted by atomic mass is 32.2. The lowest BCUT2D eigenvalue weighted by Crippen LogP contribution is -2.33. The summed E-state index contributed by atoms with van der Waals surface area (Å²) in [6.45, 7) is 2.45. The highest BCUT2D eigenvalue weighted by molar-refractivity contribution is 7.93. The van der Waals surface area contributed by atoms with Crippen molar-refractivity contribution in [1.82, 2.24) is 0 Å².